The fourth-order valence-corrected chi connectivity index (χ4v) is 4.89. The minimum Gasteiger partial charge on any atom is -0.490 e. The molecule has 0 saturated heterocycles. The van der Waals surface area contributed by atoms with Crippen LogP contribution < -0.4 is 10.1 Å². The van der Waals surface area contributed by atoms with Crippen molar-refractivity contribution in [3.05, 3.63) is 53.1 Å². The third-order valence-electron chi connectivity index (χ3n) is 5.26. The second-order valence-electron chi connectivity index (χ2n) is 8.26. The van der Waals surface area contributed by atoms with Gasteiger partial charge in [-0.25, -0.2) is 0 Å². The number of nitrogens with zero attached hydrogens (tertiary/aromatic N) is 3. The lowest BCUT2D eigenvalue weighted by atomic mass is 10.1. The number of thioether (sulfide) groups is 1. The second kappa shape index (κ2) is 15.7. The number of carbonyl (C=O) groups excluding carboxylic acids is 1. The number of hydrogen-bond acceptors (Lipinski definition) is 7. The standard InChI is InChI=1S/C26H38N4O2S2/c1-6-30(7-2)17-9-19-33-26-29-28-25(34-26)27-24(31)22-12-14-23(15-13-22)32-18-16-21(5)11-8-10-20(3)4/h10,12-16H,6-9,11,17-19H2,1-5H3,(H,27,28,31)/b21-16+. The summed E-state index contributed by atoms with van der Waals surface area (Å²) in [5, 5.41) is 11.6. The topological polar surface area (TPSA) is 67.4 Å². The van der Waals surface area contributed by atoms with Gasteiger partial charge < -0.3 is 9.64 Å². The molecule has 0 aliphatic rings. The highest BCUT2D eigenvalue weighted by atomic mass is 32.2. The monoisotopic (exact) mass is 502 g/mol. The summed E-state index contributed by atoms with van der Waals surface area (Å²) in [5.74, 6) is 1.53. The molecule has 1 aromatic carbocycles. The van der Waals surface area contributed by atoms with E-state index in [-0.39, 0.29) is 5.91 Å². The van der Waals surface area contributed by atoms with Crippen molar-refractivity contribution in [3.8, 4) is 5.75 Å². The summed E-state index contributed by atoms with van der Waals surface area (Å²) in [6.07, 6.45) is 7.55. The number of amides is 1. The third-order valence-corrected chi connectivity index (χ3v) is 7.31. The van der Waals surface area contributed by atoms with Crippen LogP contribution in [0, 0.1) is 0 Å². The summed E-state index contributed by atoms with van der Waals surface area (Å²) in [7, 11) is 0. The summed E-state index contributed by atoms with van der Waals surface area (Å²) < 4.78 is 6.66. The Balaban J connectivity index is 1.75. The molecule has 1 aromatic heterocycles. The maximum atomic E-state index is 12.5. The Labute approximate surface area is 212 Å². The van der Waals surface area contributed by atoms with E-state index in [4.69, 9.17) is 4.74 Å². The fraction of sp³-hybridized carbons (Fsp3) is 0.500. The van der Waals surface area contributed by atoms with Crippen molar-refractivity contribution in [2.45, 2.75) is 58.2 Å². The number of nitrogens with one attached hydrogen (secondary N) is 1. The number of ether oxygens (including phenoxy) is 1. The Morgan fingerprint density at radius 3 is 2.53 bits per heavy atom. The van der Waals surface area contributed by atoms with Crippen LogP contribution >= 0.6 is 23.1 Å². The van der Waals surface area contributed by atoms with Crippen molar-refractivity contribution in [3.63, 3.8) is 0 Å². The Morgan fingerprint density at radius 2 is 1.85 bits per heavy atom. The van der Waals surface area contributed by atoms with Crippen LogP contribution in [-0.4, -0.2) is 53.0 Å². The quantitative estimate of drug-likeness (QED) is 0.127. The molecule has 2 rings (SSSR count). The van der Waals surface area contributed by atoms with E-state index in [0.717, 1.165) is 54.7 Å². The molecule has 0 atom stereocenters. The van der Waals surface area contributed by atoms with Gasteiger partial charge >= 0.3 is 0 Å². The smallest absolute Gasteiger partial charge is 0.257 e. The molecule has 186 valence electrons. The Bertz CT molecular complexity index is 931. The third kappa shape index (κ3) is 10.8. The summed E-state index contributed by atoms with van der Waals surface area (Å²) >= 11 is 3.10. The Morgan fingerprint density at radius 1 is 1.12 bits per heavy atom. The van der Waals surface area contributed by atoms with E-state index in [1.165, 1.54) is 22.5 Å². The van der Waals surface area contributed by atoms with Gasteiger partial charge in [-0.1, -0.05) is 54.2 Å². The van der Waals surface area contributed by atoms with Crippen LogP contribution in [0.2, 0.25) is 0 Å². The second-order valence-corrected chi connectivity index (χ2v) is 10.6. The zero-order valence-corrected chi connectivity index (χ0v) is 22.7. The van der Waals surface area contributed by atoms with Gasteiger partial charge in [-0.05, 0) is 90.0 Å². The highest BCUT2D eigenvalue weighted by molar-refractivity contribution is 8.01. The molecule has 0 spiro atoms. The number of hydrogen-bond donors (Lipinski definition) is 1. The lowest BCUT2D eigenvalue weighted by Gasteiger charge is -2.16. The number of benzene rings is 1. The van der Waals surface area contributed by atoms with Gasteiger partial charge in [-0.2, -0.15) is 0 Å². The van der Waals surface area contributed by atoms with E-state index >= 15 is 0 Å². The van der Waals surface area contributed by atoms with Crippen molar-refractivity contribution in [2.75, 3.05) is 37.3 Å². The summed E-state index contributed by atoms with van der Waals surface area (Å²) in [4.78, 5) is 15.0. The molecule has 0 saturated carbocycles. The van der Waals surface area contributed by atoms with Crippen molar-refractivity contribution in [1.82, 2.24) is 15.1 Å². The van der Waals surface area contributed by atoms with E-state index in [2.05, 4.69) is 67.2 Å². The number of allylic oxidation sites excluding steroid dienone is 3. The maximum Gasteiger partial charge on any atom is 0.257 e. The molecule has 0 aliphatic heterocycles. The SMILES string of the molecule is CCN(CC)CCCSc1nnc(NC(=O)c2ccc(OC/C=C(\C)CCC=C(C)C)cc2)s1. The van der Waals surface area contributed by atoms with Crippen LogP contribution in [-0.2, 0) is 0 Å². The van der Waals surface area contributed by atoms with E-state index in [9.17, 15) is 4.79 Å². The molecule has 6 nitrogen and oxygen atoms in total. The first-order valence-electron chi connectivity index (χ1n) is 11.9. The fourth-order valence-electron chi connectivity index (χ4n) is 3.15. The van der Waals surface area contributed by atoms with Crippen molar-refractivity contribution < 1.29 is 9.53 Å². The van der Waals surface area contributed by atoms with Crippen LogP contribution in [0.1, 0.15) is 64.2 Å². The highest BCUT2D eigenvalue weighted by Crippen LogP contribution is 2.26. The Kier molecular flexibility index (Phi) is 13.0. The van der Waals surface area contributed by atoms with Crippen molar-refractivity contribution >= 4 is 34.1 Å². The largest absolute Gasteiger partial charge is 0.490 e. The molecule has 1 N–H and O–H groups in total. The first-order chi connectivity index (χ1) is 16.4. The van der Waals surface area contributed by atoms with Gasteiger partial charge in [0.1, 0.15) is 12.4 Å². The molecule has 1 heterocycles. The lowest BCUT2D eigenvalue weighted by molar-refractivity contribution is 0.102. The van der Waals surface area contributed by atoms with Crippen molar-refractivity contribution in [2.24, 2.45) is 0 Å². The molecule has 34 heavy (non-hydrogen) atoms. The summed E-state index contributed by atoms with van der Waals surface area (Å²) in [6, 6.07) is 7.16. The van der Waals surface area contributed by atoms with Crippen LogP contribution in [0.25, 0.3) is 0 Å². The summed E-state index contributed by atoms with van der Waals surface area (Å²) in [5.41, 5.74) is 3.22. The van der Waals surface area contributed by atoms with E-state index in [1.54, 1.807) is 23.9 Å². The minimum absolute atomic E-state index is 0.198. The van der Waals surface area contributed by atoms with Gasteiger partial charge in [-0.15, -0.1) is 10.2 Å². The molecule has 2 aromatic rings. The van der Waals surface area contributed by atoms with Gasteiger partial charge in [0.05, 0.1) is 0 Å². The maximum absolute atomic E-state index is 12.5. The molecule has 8 heteroatoms. The highest BCUT2D eigenvalue weighted by Gasteiger charge is 2.11. The number of aromatic nitrogens is 2. The van der Waals surface area contributed by atoms with Gasteiger partial charge in [0.2, 0.25) is 5.13 Å². The molecule has 0 fully saturated rings. The molecule has 1 amide bonds. The number of anilines is 1. The van der Waals surface area contributed by atoms with E-state index in [0.29, 0.717) is 17.3 Å². The average Bonchev–Trinajstić information content (AvgIpc) is 3.26. The molecule has 0 aliphatic carbocycles. The van der Waals surface area contributed by atoms with Crippen LogP contribution in [0.3, 0.4) is 0 Å². The van der Waals surface area contributed by atoms with Gasteiger partial charge in [0.15, 0.2) is 4.34 Å². The minimum atomic E-state index is -0.198. The first-order valence-corrected chi connectivity index (χ1v) is 13.7. The van der Waals surface area contributed by atoms with Gasteiger partial charge in [0.25, 0.3) is 5.91 Å². The predicted octanol–water partition coefficient (Wildman–Crippen LogP) is 6.69. The van der Waals surface area contributed by atoms with Crippen LogP contribution in [0.5, 0.6) is 5.75 Å². The van der Waals surface area contributed by atoms with Gasteiger partial charge in [0, 0.05) is 11.3 Å². The normalized spacial score (nSPS) is 11.5. The van der Waals surface area contributed by atoms with E-state index in [1.807, 2.05) is 12.1 Å². The lowest BCUT2D eigenvalue weighted by Crippen LogP contribution is -2.24. The van der Waals surface area contributed by atoms with Gasteiger partial charge in [-0.3, -0.25) is 10.1 Å². The van der Waals surface area contributed by atoms with Crippen LogP contribution in [0.4, 0.5) is 5.13 Å². The van der Waals surface area contributed by atoms with Crippen molar-refractivity contribution in [1.29, 1.82) is 0 Å². The Hall–Kier alpha value is -2.16. The number of rotatable bonds is 15. The zero-order chi connectivity index (χ0) is 24.8. The summed E-state index contributed by atoms with van der Waals surface area (Å²) in [6.45, 7) is 14.5. The molecule has 0 bridgehead atoms. The average molecular weight is 503 g/mol. The molecular formula is C26H38N4O2S2. The molecular weight excluding hydrogens is 464 g/mol. The predicted molar refractivity (Wildman–Crippen MR) is 145 cm³/mol. The molecule has 0 radical (unpaired) electrons. The zero-order valence-electron chi connectivity index (χ0n) is 21.1. The first kappa shape index (κ1) is 28.1. The molecule has 0 unspecified atom stereocenters. The van der Waals surface area contributed by atoms with Crippen LogP contribution in [0.15, 0.2) is 51.9 Å². The van der Waals surface area contributed by atoms with E-state index < -0.39 is 0 Å². The number of carbonyl (C=O) groups is 1.